The fraction of sp³-hybridized carbons (Fsp3) is 0.632. The van der Waals surface area contributed by atoms with E-state index in [0.717, 1.165) is 44.5 Å². The van der Waals surface area contributed by atoms with Gasteiger partial charge in [0.25, 0.3) is 0 Å². The number of anilines is 1. The lowest BCUT2D eigenvalue weighted by atomic mass is 9.95. The van der Waals surface area contributed by atoms with Crippen LogP contribution in [0.15, 0.2) is 29.2 Å². The molecule has 26 heavy (non-hydrogen) atoms. The Balaban J connectivity index is 1.61. The summed E-state index contributed by atoms with van der Waals surface area (Å²) in [6.07, 6.45) is 3.53. The first-order valence-corrected chi connectivity index (χ1v) is 11.0. The van der Waals surface area contributed by atoms with Crippen molar-refractivity contribution in [3.8, 4) is 0 Å². The summed E-state index contributed by atoms with van der Waals surface area (Å²) in [5.74, 6) is 0.218. The van der Waals surface area contributed by atoms with Crippen molar-refractivity contribution < 1.29 is 13.2 Å². The number of rotatable bonds is 5. The van der Waals surface area contributed by atoms with Crippen LogP contribution in [0.5, 0.6) is 0 Å². The van der Waals surface area contributed by atoms with Gasteiger partial charge in [-0.1, -0.05) is 0 Å². The summed E-state index contributed by atoms with van der Waals surface area (Å²) in [4.78, 5) is 14.7. The molecule has 6 nitrogen and oxygen atoms in total. The van der Waals surface area contributed by atoms with Crippen molar-refractivity contribution in [1.82, 2.24) is 9.62 Å². The predicted octanol–water partition coefficient (Wildman–Crippen LogP) is 2.21. The van der Waals surface area contributed by atoms with Gasteiger partial charge in [-0.05, 0) is 63.8 Å². The van der Waals surface area contributed by atoms with Crippen LogP contribution in [-0.4, -0.2) is 50.9 Å². The fourth-order valence-electron chi connectivity index (χ4n) is 3.71. The van der Waals surface area contributed by atoms with Gasteiger partial charge in [-0.2, -0.15) is 4.31 Å². The summed E-state index contributed by atoms with van der Waals surface area (Å²) in [7, 11) is -3.36. The van der Waals surface area contributed by atoms with Crippen LogP contribution in [-0.2, 0) is 14.8 Å². The molecule has 2 fully saturated rings. The van der Waals surface area contributed by atoms with Crippen molar-refractivity contribution in [3.63, 3.8) is 0 Å². The molecule has 0 saturated carbocycles. The summed E-state index contributed by atoms with van der Waals surface area (Å²) in [6, 6.07) is 7.36. The Labute approximate surface area is 156 Å². The molecule has 0 aromatic heterocycles. The minimum atomic E-state index is -3.36. The number of benzene rings is 1. The maximum Gasteiger partial charge on any atom is 0.243 e. The molecule has 0 radical (unpaired) electrons. The molecule has 1 aromatic rings. The molecule has 0 unspecified atom stereocenters. The van der Waals surface area contributed by atoms with E-state index in [1.165, 1.54) is 0 Å². The first kappa shape index (κ1) is 19.2. The second-order valence-corrected chi connectivity index (χ2v) is 9.47. The number of nitrogens with zero attached hydrogens (tertiary/aromatic N) is 2. The van der Waals surface area contributed by atoms with Crippen LogP contribution in [0.1, 0.15) is 39.5 Å². The molecule has 2 aliphatic heterocycles. The summed E-state index contributed by atoms with van der Waals surface area (Å²) >= 11 is 0. The Bertz CT molecular complexity index is 717. The largest absolute Gasteiger partial charge is 0.371 e. The van der Waals surface area contributed by atoms with E-state index >= 15 is 0 Å². The van der Waals surface area contributed by atoms with Crippen molar-refractivity contribution >= 4 is 21.6 Å². The Morgan fingerprint density at radius 3 is 2.15 bits per heavy atom. The Hall–Kier alpha value is -1.60. The van der Waals surface area contributed by atoms with E-state index in [-0.39, 0.29) is 17.9 Å². The number of nitrogens with one attached hydrogen (secondary N) is 1. The van der Waals surface area contributed by atoms with Crippen molar-refractivity contribution in [2.45, 2.75) is 50.5 Å². The average Bonchev–Trinajstić information content (AvgIpc) is 3.17. The third-order valence-electron chi connectivity index (χ3n) is 5.20. The predicted molar refractivity (Wildman–Crippen MR) is 103 cm³/mol. The van der Waals surface area contributed by atoms with Crippen LogP contribution in [0.4, 0.5) is 5.69 Å². The molecule has 1 aromatic carbocycles. The van der Waals surface area contributed by atoms with Crippen LogP contribution in [0.25, 0.3) is 0 Å². The van der Waals surface area contributed by atoms with Crippen LogP contribution >= 0.6 is 0 Å². The second-order valence-electron chi connectivity index (χ2n) is 7.53. The van der Waals surface area contributed by atoms with Crippen molar-refractivity contribution in [2.75, 3.05) is 31.1 Å². The highest BCUT2D eigenvalue weighted by Gasteiger charge is 2.28. The van der Waals surface area contributed by atoms with E-state index in [1.807, 2.05) is 26.0 Å². The molecule has 0 aliphatic carbocycles. The van der Waals surface area contributed by atoms with Gasteiger partial charge in [-0.3, -0.25) is 4.79 Å². The van der Waals surface area contributed by atoms with Gasteiger partial charge in [0.05, 0.1) is 4.90 Å². The zero-order valence-corrected chi connectivity index (χ0v) is 16.5. The van der Waals surface area contributed by atoms with E-state index in [9.17, 15) is 13.2 Å². The molecule has 0 atom stereocenters. The molecule has 1 amide bonds. The zero-order chi connectivity index (χ0) is 18.7. The smallest absolute Gasteiger partial charge is 0.243 e. The molecular weight excluding hydrogens is 350 g/mol. The fourth-order valence-corrected chi connectivity index (χ4v) is 5.23. The molecule has 2 aliphatic rings. The summed E-state index contributed by atoms with van der Waals surface area (Å²) in [5, 5.41) is 2.99. The first-order valence-electron chi connectivity index (χ1n) is 9.53. The van der Waals surface area contributed by atoms with Gasteiger partial charge < -0.3 is 10.2 Å². The molecule has 144 valence electrons. The number of hydrogen-bond acceptors (Lipinski definition) is 4. The lowest BCUT2D eigenvalue weighted by molar-refractivity contribution is -0.126. The van der Waals surface area contributed by atoms with Crippen LogP contribution in [0.3, 0.4) is 0 Å². The molecule has 3 rings (SSSR count). The topological polar surface area (TPSA) is 69.7 Å². The highest BCUT2D eigenvalue weighted by Crippen LogP contribution is 2.26. The van der Waals surface area contributed by atoms with Crippen molar-refractivity contribution in [1.29, 1.82) is 0 Å². The van der Waals surface area contributed by atoms with Crippen molar-refractivity contribution in [2.24, 2.45) is 5.92 Å². The van der Waals surface area contributed by atoms with E-state index in [4.69, 9.17) is 0 Å². The molecular formula is C19H29N3O3S. The Morgan fingerprint density at radius 1 is 1.04 bits per heavy atom. The van der Waals surface area contributed by atoms with Gasteiger partial charge in [-0.25, -0.2) is 8.42 Å². The molecule has 0 bridgehead atoms. The first-order chi connectivity index (χ1) is 12.4. The number of piperidine rings is 1. The van der Waals surface area contributed by atoms with Gasteiger partial charge in [-0.15, -0.1) is 0 Å². The molecule has 0 spiro atoms. The van der Waals surface area contributed by atoms with E-state index in [0.29, 0.717) is 18.0 Å². The molecule has 7 heteroatoms. The number of amides is 1. The second kappa shape index (κ2) is 7.96. The monoisotopic (exact) mass is 379 g/mol. The van der Waals surface area contributed by atoms with E-state index < -0.39 is 10.0 Å². The lowest BCUT2D eigenvalue weighted by Gasteiger charge is -2.33. The number of sulfonamides is 1. The van der Waals surface area contributed by atoms with Gasteiger partial charge in [0.2, 0.25) is 15.9 Å². The Morgan fingerprint density at radius 2 is 1.62 bits per heavy atom. The molecule has 1 N–H and O–H groups in total. The van der Waals surface area contributed by atoms with Gasteiger partial charge in [0.1, 0.15) is 0 Å². The van der Waals surface area contributed by atoms with E-state index in [1.54, 1.807) is 16.4 Å². The van der Waals surface area contributed by atoms with Crippen LogP contribution < -0.4 is 10.2 Å². The van der Waals surface area contributed by atoms with Crippen molar-refractivity contribution in [3.05, 3.63) is 24.3 Å². The summed E-state index contributed by atoms with van der Waals surface area (Å²) in [6.45, 7) is 6.82. The highest BCUT2D eigenvalue weighted by atomic mass is 32.2. The third kappa shape index (κ3) is 4.20. The standard InChI is InChI=1S/C19H29N3O3S/c1-15(2)20-19(23)16-9-13-21(14-10-16)17-5-7-18(8-6-17)26(24,25)22-11-3-4-12-22/h5-8,15-16H,3-4,9-14H2,1-2H3,(H,20,23). The number of carbonyl (C=O) groups is 1. The summed E-state index contributed by atoms with van der Waals surface area (Å²) < 4.78 is 26.8. The van der Waals surface area contributed by atoms with Crippen LogP contribution in [0.2, 0.25) is 0 Å². The van der Waals surface area contributed by atoms with E-state index in [2.05, 4.69) is 10.2 Å². The maximum absolute atomic E-state index is 12.6. The minimum Gasteiger partial charge on any atom is -0.371 e. The van der Waals surface area contributed by atoms with Crippen LogP contribution in [0, 0.1) is 5.92 Å². The van der Waals surface area contributed by atoms with Gasteiger partial charge in [0, 0.05) is 43.8 Å². The lowest BCUT2D eigenvalue weighted by Crippen LogP contribution is -2.42. The maximum atomic E-state index is 12.6. The normalized spacial score (nSPS) is 19.9. The summed E-state index contributed by atoms with van der Waals surface area (Å²) in [5.41, 5.74) is 1.02. The number of hydrogen-bond donors (Lipinski definition) is 1. The third-order valence-corrected chi connectivity index (χ3v) is 7.11. The van der Waals surface area contributed by atoms with Gasteiger partial charge >= 0.3 is 0 Å². The Kier molecular flexibility index (Phi) is 5.87. The SMILES string of the molecule is CC(C)NC(=O)C1CCN(c2ccc(S(=O)(=O)N3CCCC3)cc2)CC1. The minimum absolute atomic E-state index is 0.0727. The average molecular weight is 380 g/mol. The zero-order valence-electron chi connectivity index (χ0n) is 15.6. The van der Waals surface area contributed by atoms with Gasteiger partial charge in [0.15, 0.2) is 0 Å². The molecule has 2 heterocycles. The quantitative estimate of drug-likeness (QED) is 0.852. The molecule has 2 saturated heterocycles. The number of carbonyl (C=O) groups excluding carboxylic acids is 1. The highest BCUT2D eigenvalue weighted by molar-refractivity contribution is 7.89.